The number of anilines is 1. The number of carbonyl (C=O) groups excluding carboxylic acids is 1. The molecule has 7 heteroatoms. The van der Waals surface area contributed by atoms with E-state index in [-0.39, 0.29) is 6.09 Å². The number of carbonyl (C=O) groups is 1. The number of nitrogens with zero attached hydrogens (tertiary/aromatic N) is 5. The summed E-state index contributed by atoms with van der Waals surface area (Å²) in [6.45, 7) is 7.76. The van der Waals surface area contributed by atoms with E-state index in [2.05, 4.69) is 57.0 Å². The molecule has 3 rings (SSSR count). The van der Waals surface area contributed by atoms with Gasteiger partial charge in [-0.3, -0.25) is 4.90 Å². The molecule has 1 amide bonds. The second-order valence-corrected chi connectivity index (χ2v) is 7.46. The number of piperazine rings is 1. The molecule has 2 aromatic rings. The molecule has 0 unspecified atom stereocenters. The van der Waals surface area contributed by atoms with Crippen molar-refractivity contribution in [3.05, 3.63) is 53.9 Å². The molecule has 7 nitrogen and oxygen atoms in total. The Balaban J connectivity index is 1.45. The van der Waals surface area contributed by atoms with Gasteiger partial charge in [-0.1, -0.05) is 43.7 Å². The number of ether oxygens (including phenoxy) is 1. The van der Waals surface area contributed by atoms with Crippen molar-refractivity contribution in [1.29, 1.82) is 0 Å². The van der Waals surface area contributed by atoms with E-state index in [0.717, 1.165) is 57.1 Å². The molecule has 1 aliphatic heterocycles. The lowest BCUT2D eigenvalue weighted by Crippen LogP contribution is -2.46. The van der Waals surface area contributed by atoms with Crippen LogP contribution in [0, 0.1) is 0 Å². The number of rotatable bonds is 8. The highest BCUT2D eigenvalue weighted by Crippen LogP contribution is 2.14. The summed E-state index contributed by atoms with van der Waals surface area (Å²) in [6.07, 6.45) is 5.18. The lowest BCUT2D eigenvalue weighted by Gasteiger charge is -2.34. The van der Waals surface area contributed by atoms with E-state index >= 15 is 0 Å². The van der Waals surface area contributed by atoms with Crippen LogP contribution in [0.3, 0.4) is 0 Å². The average molecular weight is 398 g/mol. The van der Waals surface area contributed by atoms with E-state index in [1.165, 1.54) is 5.56 Å². The minimum absolute atomic E-state index is 0.308. The molecule has 1 aromatic heterocycles. The molecule has 29 heavy (non-hydrogen) atoms. The van der Waals surface area contributed by atoms with Crippen LogP contribution in [0.1, 0.15) is 30.9 Å². The Hall–Kier alpha value is -2.67. The van der Waals surface area contributed by atoms with E-state index in [1.807, 2.05) is 0 Å². The molecule has 1 fully saturated rings. The molecule has 0 aliphatic carbocycles. The lowest BCUT2D eigenvalue weighted by molar-refractivity contribution is 0.107. The summed E-state index contributed by atoms with van der Waals surface area (Å²) in [5.74, 6) is 0.751. The fourth-order valence-electron chi connectivity index (χ4n) is 3.29. The molecule has 1 aliphatic rings. The first-order valence-corrected chi connectivity index (χ1v) is 10.4. The minimum Gasteiger partial charge on any atom is -0.449 e. The highest BCUT2D eigenvalue weighted by molar-refractivity contribution is 5.67. The van der Waals surface area contributed by atoms with Crippen LogP contribution in [0.5, 0.6) is 0 Å². The zero-order valence-corrected chi connectivity index (χ0v) is 17.5. The van der Waals surface area contributed by atoms with Gasteiger partial charge in [-0.05, 0) is 12.0 Å². The predicted molar refractivity (Wildman–Crippen MR) is 114 cm³/mol. The van der Waals surface area contributed by atoms with Crippen molar-refractivity contribution in [2.45, 2.75) is 32.9 Å². The second kappa shape index (κ2) is 10.8. The summed E-state index contributed by atoms with van der Waals surface area (Å²) >= 11 is 0. The lowest BCUT2D eigenvalue weighted by atomic mass is 10.2. The third-order valence-electron chi connectivity index (χ3n) is 5.05. The summed E-state index contributed by atoms with van der Waals surface area (Å²) in [5.41, 5.74) is 2.24. The van der Waals surface area contributed by atoms with Gasteiger partial charge < -0.3 is 14.5 Å². The smallest absolute Gasteiger partial charge is 0.409 e. The van der Waals surface area contributed by atoms with Crippen molar-refractivity contribution in [2.75, 3.05) is 44.7 Å². The summed E-state index contributed by atoms with van der Waals surface area (Å²) < 4.78 is 5.22. The van der Waals surface area contributed by atoms with Gasteiger partial charge in [-0.15, -0.1) is 0 Å². The number of unbranched alkanes of at least 4 members (excludes halogenated alkanes) is 1. The van der Waals surface area contributed by atoms with Crippen LogP contribution >= 0.6 is 0 Å². The third kappa shape index (κ3) is 6.42. The Labute approximate surface area is 173 Å². The molecule has 1 aromatic carbocycles. The average Bonchev–Trinajstić information content (AvgIpc) is 2.76. The van der Waals surface area contributed by atoms with E-state index in [9.17, 15) is 4.79 Å². The van der Waals surface area contributed by atoms with Gasteiger partial charge in [-0.2, -0.15) is 0 Å². The van der Waals surface area contributed by atoms with Crippen LogP contribution in [0.25, 0.3) is 0 Å². The Morgan fingerprint density at radius 3 is 2.41 bits per heavy atom. The first-order valence-electron chi connectivity index (χ1n) is 10.4. The van der Waals surface area contributed by atoms with Gasteiger partial charge in [0.15, 0.2) is 0 Å². The number of amides is 1. The standard InChI is InChI=1S/C22H31N5O2/c1-3-4-14-29-22(28)25(2)17-20-15-23-21(24-16-20)27-12-10-26(11-13-27)18-19-8-6-5-7-9-19/h5-9,15-16H,3-4,10-14,17-18H2,1-2H3. The summed E-state index contributed by atoms with van der Waals surface area (Å²) in [6, 6.07) is 10.6. The molecule has 0 atom stereocenters. The van der Waals surface area contributed by atoms with Crippen molar-refractivity contribution in [2.24, 2.45) is 0 Å². The topological polar surface area (TPSA) is 61.8 Å². The molecule has 0 bridgehead atoms. The summed E-state index contributed by atoms with van der Waals surface area (Å²) in [4.78, 5) is 27.2. The molecular weight excluding hydrogens is 366 g/mol. The Kier molecular flexibility index (Phi) is 7.81. The van der Waals surface area contributed by atoms with Crippen molar-refractivity contribution >= 4 is 12.0 Å². The van der Waals surface area contributed by atoms with E-state index in [4.69, 9.17) is 4.74 Å². The monoisotopic (exact) mass is 397 g/mol. The first-order chi connectivity index (χ1) is 14.2. The van der Waals surface area contributed by atoms with Gasteiger partial charge in [0.05, 0.1) is 13.2 Å². The van der Waals surface area contributed by atoms with Crippen molar-refractivity contribution in [3.8, 4) is 0 Å². The van der Waals surface area contributed by atoms with E-state index < -0.39 is 0 Å². The normalized spacial score (nSPS) is 14.6. The quantitative estimate of drug-likeness (QED) is 0.638. The molecule has 2 heterocycles. The Morgan fingerprint density at radius 2 is 1.76 bits per heavy atom. The highest BCUT2D eigenvalue weighted by Gasteiger charge is 2.19. The molecule has 1 saturated heterocycles. The summed E-state index contributed by atoms with van der Waals surface area (Å²) in [7, 11) is 1.73. The van der Waals surface area contributed by atoms with Crippen LogP contribution in [-0.4, -0.2) is 65.7 Å². The minimum atomic E-state index is -0.308. The van der Waals surface area contributed by atoms with Gasteiger partial charge in [0, 0.05) is 57.7 Å². The van der Waals surface area contributed by atoms with Crippen molar-refractivity contribution in [1.82, 2.24) is 19.8 Å². The molecule has 156 valence electrons. The molecular formula is C22H31N5O2. The number of aromatic nitrogens is 2. The van der Waals surface area contributed by atoms with Gasteiger partial charge in [0.1, 0.15) is 0 Å². The molecule has 0 spiro atoms. The Morgan fingerprint density at radius 1 is 1.07 bits per heavy atom. The maximum absolute atomic E-state index is 11.9. The van der Waals surface area contributed by atoms with Crippen LogP contribution < -0.4 is 4.90 Å². The first kappa shape index (κ1) is 21.0. The fraction of sp³-hybridized carbons (Fsp3) is 0.500. The number of benzene rings is 1. The summed E-state index contributed by atoms with van der Waals surface area (Å²) in [5, 5.41) is 0. The molecule has 0 saturated carbocycles. The second-order valence-electron chi connectivity index (χ2n) is 7.46. The van der Waals surface area contributed by atoms with Crippen molar-refractivity contribution in [3.63, 3.8) is 0 Å². The Bertz CT molecular complexity index is 746. The fourth-order valence-corrected chi connectivity index (χ4v) is 3.29. The van der Waals surface area contributed by atoms with Crippen LogP contribution in [0.2, 0.25) is 0 Å². The van der Waals surface area contributed by atoms with E-state index in [1.54, 1.807) is 24.3 Å². The zero-order chi connectivity index (χ0) is 20.5. The molecule has 0 radical (unpaired) electrons. The number of hydrogen-bond acceptors (Lipinski definition) is 6. The molecule has 0 N–H and O–H groups in total. The SMILES string of the molecule is CCCCOC(=O)N(C)Cc1cnc(N2CCN(Cc3ccccc3)CC2)nc1. The van der Waals surface area contributed by atoms with E-state index in [0.29, 0.717) is 13.2 Å². The highest BCUT2D eigenvalue weighted by atomic mass is 16.6. The van der Waals surface area contributed by atoms with Crippen LogP contribution in [0.4, 0.5) is 10.7 Å². The zero-order valence-electron chi connectivity index (χ0n) is 17.5. The number of hydrogen-bond donors (Lipinski definition) is 0. The van der Waals surface area contributed by atoms with Gasteiger partial charge >= 0.3 is 6.09 Å². The largest absolute Gasteiger partial charge is 0.449 e. The van der Waals surface area contributed by atoms with Gasteiger partial charge in [0.2, 0.25) is 5.95 Å². The van der Waals surface area contributed by atoms with Crippen molar-refractivity contribution < 1.29 is 9.53 Å². The van der Waals surface area contributed by atoms with Crippen LogP contribution in [-0.2, 0) is 17.8 Å². The predicted octanol–water partition coefficient (Wildman–Crippen LogP) is 3.17. The maximum atomic E-state index is 11.9. The maximum Gasteiger partial charge on any atom is 0.409 e. The van der Waals surface area contributed by atoms with Gasteiger partial charge in [-0.25, -0.2) is 14.8 Å². The third-order valence-corrected chi connectivity index (χ3v) is 5.05. The van der Waals surface area contributed by atoms with Crippen LogP contribution in [0.15, 0.2) is 42.7 Å². The van der Waals surface area contributed by atoms with Gasteiger partial charge in [0.25, 0.3) is 0 Å².